The van der Waals surface area contributed by atoms with Crippen LogP contribution in [0.15, 0.2) is 18.2 Å². The van der Waals surface area contributed by atoms with Gasteiger partial charge in [0.05, 0.1) is 0 Å². The Morgan fingerprint density at radius 1 is 1.33 bits per heavy atom. The van der Waals surface area contributed by atoms with E-state index in [2.05, 4.69) is 19.9 Å². The predicted molar refractivity (Wildman–Crippen MR) is 54.8 cm³/mol. The molecule has 1 heteroatoms. The predicted octanol–water partition coefficient (Wildman–Crippen LogP) is 3.99. The van der Waals surface area contributed by atoms with Gasteiger partial charge in [0.25, 0.3) is 0 Å². The van der Waals surface area contributed by atoms with E-state index in [9.17, 15) is 0 Å². The van der Waals surface area contributed by atoms with E-state index in [1.54, 1.807) is 0 Å². The lowest BCUT2D eigenvalue weighted by atomic mass is 10.0. The number of unbranched alkanes of at least 4 members (excludes halogenated alkanes) is 1. The smallest absolute Gasteiger partial charge is 0.0437 e. The zero-order valence-electron chi connectivity index (χ0n) is 7.73. The summed E-state index contributed by atoms with van der Waals surface area (Å²) in [4.78, 5) is 0. The monoisotopic (exact) mass is 182 g/mol. The normalized spacial score (nSPS) is 10.2. The van der Waals surface area contributed by atoms with E-state index >= 15 is 0 Å². The molecule has 1 aromatic carbocycles. The first-order valence-electron chi connectivity index (χ1n) is 4.49. The molecule has 0 amide bonds. The van der Waals surface area contributed by atoms with Crippen LogP contribution in [0.3, 0.4) is 0 Å². The van der Waals surface area contributed by atoms with Crippen molar-refractivity contribution in [3.63, 3.8) is 0 Å². The van der Waals surface area contributed by atoms with Crippen LogP contribution in [0.4, 0.5) is 0 Å². The van der Waals surface area contributed by atoms with Gasteiger partial charge in [0.15, 0.2) is 0 Å². The van der Waals surface area contributed by atoms with Gasteiger partial charge in [0.2, 0.25) is 0 Å². The van der Waals surface area contributed by atoms with Gasteiger partial charge in [-0.15, -0.1) is 0 Å². The average Bonchev–Trinajstić information content (AvgIpc) is 2.08. The fourth-order valence-corrected chi connectivity index (χ4v) is 1.48. The third-order valence-corrected chi connectivity index (χ3v) is 2.59. The van der Waals surface area contributed by atoms with Crippen molar-refractivity contribution >= 4 is 11.6 Å². The summed E-state index contributed by atoms with van der Waals surface area (Å²) in [7, 11) is 0. The van der Waals surface area contributed by atoms with E-state index in [0.717, 1.165) is 11.4 Å². The maximum absolute atomic E-state index is 5.99. The molecule has 0 radical (unpaired) electrons. The summed E-state index contributed by atoms with van der Waals surface area (Å²) >= 11 is 5.99. The number of benzene rings is 1. The topological polar surface area (TPSA) is 0 Å². The van der Waals surface area contributed by atoms with E-state index in [0.29, 0.717) is 0 Å². The molecule has 1 aromatic rings. The van der Waals surface area contributed by atoms with E-state index in [1.165, 1.54) is 24.0 Å². The SMILES string of the molecule is CCCCc1cccc(Cl)c1C. The van der Waals surface area contributed by atoms with Crippen LogP contribution in [0.5, 0.6) is 0 Å². The fraction of sp³-hybridized carbons (Fsp3) is 0.455. The Morgan fingerprint density at radius 2 is 2.08 bits per heavy atom. The highest BCUT2D eigenvalue weighted by molar-refractivity contribution is 6.31. The van der Waals surface area contributed by atoms with Crippen molar-refractivity contribution in [2.24, 2.45) is 0 Å². The summed E-state index contributed by atoms with van der Waals surface area (Å²) in [6, 6.07) is 6.14. The molecule has 0 spiro atoms. The minimum atomic E-state index is 0.892. The Balaban J connectivity index is 2.78. The van der Waals surface area contributed by atoms with Gasteiger partial charge in [-0.1, -0.05) is 37.1 Å². The van der Waals surface area contributed by atoms with Crippen molar-refractivity contribution < 1.29 is 0 Å². The minimum absolute atomic E-state index is 0.892. The molecule has 0 heterocycles. The lowest BCUT2D eigenvalue weighted by Gasteiger charge is -2.05. The van der Waals surface area contributed by atoms with Crippen LogP contribution in [0, 0.1) is 6.92 Å². The summed E-state index contributed by atoms with van der Waals surface area (Å²) in [5.74, 6) is 0. The summed E-state index contributed by atoms with van der Waals surface area (Å²) in [5.41, 5.74) is 2.64. The van der Waals surface area contributed by atoms with E-state index < -0.39 is 0 Å². The van der Waals surface area contributed by atoms with Crippen LogP contribution in [0.2, 0.25) is 5.02 Å². The zero-order chi connectivity index (χ0) is 8.97. The second kappa shape index (κ2) is 4.51. The number of halogens is 1. The summed E-state index contributed by atoms with van der Waals surface area (Å²) in [6.07, 6.45) is 3.65. The minimum Gasteiger partial charge on any atom is -0.0840 e. The molecule has 0 unspecified atom stereocenters. The van der Waals surface area contributed by atoms with Crippen LogP contribution < -0.4 is 0 Å². The number of hydrogen-bond acceptors (Lipinski definition) is 0. The van der Waals surface area contributed by atoms with E-state index in [1.807, 2.05) is 12.1 Å². The molecule has 66 valence electrons. The van der Waals surface area contributed by atoms with Crippen molar-refractivity contribution in [1.29, 1.82) is 0 Å². The van der Waals surface area contributed by atoms with Gasteiger partial charge in [0.1, 0.15) is 0 Å². The van der Waals surface area contributed by atoms with Gasteiger partial charge in [-0.2, -0.15) is 0 Å². The van der Waals surface area contributed by atoms with Gasteiger partial charge in [-0.05, 0) is 37.0 Å². The Bertz CT molecular complexity index is 253. The van der Waals surface area contributed by atoms with Crippen LogP contribution in [0.25, 0.3) is 0 Å². The number of hydrogen-bond donors (Lipinski definition) is 0. The van der Waals surface area contributed by atoms with Gasteiger partial charge < -0.3 is 0 Å². The highest BCUT2D eigenvalue weighted by atomic mass is 35.5. The van der Waals surface area contributed by atoms with Crippen molar-refractivity contribution in [3.05, 3.63) is 34.3 Å². The molecule has 0 aromatic heterocycles. The Hall–Kier alpha value is -0.490. The molecule has 0 aliphatic rings. The molecule has 0 fully saturated rings. The highest BCUT2D eigenvalue weighted by Gasteiger charge is 2.00. The maximum Gasteiger partial charge on any atom is 0.0437 e. The van der Waals surface area contributed by atoms with Crippen molar-refractivity contribution in [2.75, 3.05) is 0 Å². The standard InChI is InChI=1S/C11H15Cl/c1-3-4-6-10-7-5-8-11(12)9(10)2/h5,7-8H,3-4,6H2,1-2H3. The molecular formula is C11H15Cl. The van der Waals surface area contributed by atoms with Gasteiger partial charge in [-0.3, -0.25) is 0 Å². The van der Waals surface area contributed by atoms with Crippen LogP contribution in [-0.4, -0.2) is 0 Å². The van der Waals surface area contributed by atoms with E-state index in [-0.39, 0.29) is 0 Å². The number of rotatable bonds is 3. The molecule has 1 rings (SSSR count). The molecule has 0 nitrogen and oxygen atoms in total. The Labute approximate surface area is 79.6 Å². The quantitative estimate of drug-likeness (QED) is 0.663. The summed E-state index contributed by atoms with van der Waals surface area (Å²) in [5, 5.41) is 0.892. The fourth-order valence-electron chi connectivity index (χ4n) is 1.29. The zero-order valence-corrected chi connectivity index (χ0v) is 8.49. The lowest BCUT2D eigenvalue weighted by Crippen LogP contribution is -1.89. The molecular weight excluding hydrogens is 168 g/mol. The molecule has 0 saturated carbocycles. The van der Waals surface area contributed by atoms with Crippen LogP contribution in [-0.2, 0) is 6.42 Å². The average molecular weight is 183 g/mol. The number of aryl methyl sites for hydroxylation is 1. The molecule has 12 heavy (non-hydrogen) atoms. The van der Waals surface area contributed by atoms with E-state index in [4.69, 9.17) is 11.6 Å². The second-order valence-electron chi connectivity index (χ2n) is 3.13. The highest BCUT2D eigenvalue weighted by Crippen LogP contribution is 2.19. The van der Waals surface area contributed by atoms with Gasteiger partial charge in [-0.25, -0.2) is 0 Å². The molecule has 0 saturated heterocycles. The van der Waals surface area contributed by atoms with Crippen molar-refractivity contribution in [2.45, 2.75) is 33.1 Å². The molecule has 0 atom stereocenters. The molecule has 0 N–H and O–H groups in total. The third-order valence-electron chi connectivity index (χ3n) is 2.18. The summed E-state index contributed by atoms with van der Waals surface area (Å²) < 4.78 is 0. The first kappa shape index (κ1) is 9.60. The van der Waals surface area contributed by atoms with Crippen molar-refractivity contribution in [1.82, 2.24) is 0 Å². The first-order valence-corrected chi connectivity index (χ1v) is 4.87. The molecule has 0 aliphatic carbocycles. The summed E-state index contributed by atoms with van der Waals surface area (Å²) in [6.45, 7) is 4.30. The van der Waals surface area contributed by atoms with Crippen LogP contribution >= 0.6 is 11.6 Å². The molecule has 0 bridgehead atoms. The van der Waals surface area contributed by atoms with Crippen molar-refractivity contribution in [3.8, 4) is 0 Å². The second-order valence-corrected chi connectivity index (χ2v) is 3.53. The van der Waals surface area contributed by atoms with Gasteiger partial charge >= 0.3 is 0 Å². The van der Waals surface area contributed by atoms with Crippen LogP contribution in [0.1, 0.15) is 30.9 Å². The lowest BCUT2D eigenvalue weighted by molar-refractivity contribution is 0.791. The Kier molecular flexibility index (Phi) is 3.61. The molecule has 0 aliphatic heterocycles. The first-order chi connectivity index (χ1) is 5.75. The maximum atomic E-state index is 5.99. The largest absolute Gasteiger partial charge is 0.0840 e. The van der Waals surface area contributed by atoms with Gasteiger partial charge in [0, 0.05) is 5.02 Å². The third kappa shape index (κ3) is 2.25. The Morgan fingerprint density at radius 3 is 2.75 bits per heavy atom.